The molecule has 0 spiro atoms. The van der Waals surface area contributed by atoms with Crippen LogP contribution >= 0.6 is 23.7 Å². The molecule has 3 rings (SSSR count). The van der Waals surface area contributed by atoms with Crippen molar-refractivity contribution >= 4 is 46.9 Å². The monoisotopic (exact) mass is 379 g/mol. The van der Waals surface area contributed by atoms with E-state index in [0.29, 0.717) is 16.3 Å². The molecule has 0 atom stereocenters. The molecule has 1 aromatic carbocycles. The fourth-order valence-electron chi connectivity index (χ4n) is 2.90. The largest absolute Gasteiger partial charge is 0.324 e. The van der Waals surface area contributed by atoms with E-state index in [1.807, 2.05) is 11.4 Å². The van der Waals surface area contributed by atoms with Crippen LogP contribution in [0.3, 0.4) is 0 Å². The summed E-state index contributed by atoms with van der Waals surface area (Å²) in [6, 6.07) is 10.7. The van der Waals surface area contributed by atoms with E-state index >= 15 is 0 Å². The highest BCUT2D eigenvalue weighted by Crippen LogP contribution is 2.27. The summed E-state index contributed by atoms with van der Waals surface area (Å²) < 4.78 is 0. The lowest BCUT2D eigenvalue weighted by molar-refractivity contribution is -0.122. The van der Waals surface area contributed by atoms with E-state index in [9.17, 15) is 9.59 Å². The fraction of sp³-hybridized carbons (Fsp3) is 0.333. The molecule has 7 heteroatoms. The van der Waals surface area contributed by atoms with E-state index < -0.39 is 5.54 Å². The van der Waals surface area contributed by atoms with Crippen LogP contribution in [0.15, 0.2) is 41.8 Å². The maximum absolute atomic E-state index is 12.4. The lowest BCUT2D eigenvalue weighted by Crippen LogP contribution is -2.52. The Labute approximate surface area is 157 Å². The summed E-state index contributed by atoms with van der Waals surface area (Å²) in [6.45, 7) is 0. The van der Waals surface area contributed by atoms with E-state index in [0.717, 1.165) is 32.1 Å². The number of nitrogens with one attached hydrogen (secondary N) is 2. The molecule has 0 bridgehead atoms. The molecule has 134 valence electrons. The lowest BCUT2D eigenvalue weighted by atomic mass is 9.82. The third-order valence-electron chi connectivity index (χ3n) is 4.34. The first-order valence-corrected chi connectivity index (χ1v) is 9.00. The Balaban J connectivity index is 0.00000225. The molecular formula is C18H22ClN3O2S. The third-order valence-corrected chi connectivity index (χ3v) is 5.21. The van der Waals surface area contributed by atoms with Gasteiger partial charge in [-0.3, -0.25) is 9.59 Å². The molecule has 2 aromatic rings. The van der Waals surface area contributed by atoms with Crippen LogP contribution in [-0.4, -0.2) is 17.4 Å². The van der Waals surface area contributed by atoms with Crippen molar-refractivity contribution < 1.29 is 9.59 Å². The van der Waals surface area contributed by atoms with Crippen LogP contribution in [0.5, 0.6) is 0 Å². The van der Waals surface area contributed by atoms with E-state index in [1.54, 1.807) is 30.3 Å². The number of carbonyl (C=O) groups is 2. The van der Waals surface area contributed by atoms with Crippen LogP contribution in [0.2, 0.25) is 0 Å². The molecular weight excluding hydrogens is 358 g/mol. The van der Waals surface area contributed by atoms with Gasteiger partial charge in [0.25, 0.3) is 5.91 Å². The molecule has 1 saturated carbocycles. The third kappa shape index (κ3) is 4.81. The second-order valence-corrected chi connectivity index (χ2v) is 7.13. The number of hydrogen-bond acceptors (Lipinski definition) is 4. The van der Waals surface area contributed by atoms with Gasteiger partial charge >= 0.3 is 0 Å². The molecule has 1 fully saturated rings. The molecule has 0 unspecified atom stereocenters. The zero-order valence-electron chi connectivity index (χ0n) is 13.8. The Hall–Kier alpha value is -1.89. The Morgan fingerprint density at radius 3 is 2.12 bits per heavy atom. The normalized spacial score (nSPS) is 15.7. The highest BCUT2D eigenvalue weighted by atomic mass is 35.5. The summed E-state index contributed by atoms with van der Waals surface area (Å²) in [5, 5.41) is 7.58. The SMILES string of the molecule is Cl.NC1(C(=O)Nc2ccc(NC(=O)c3cccs3)cc2)CCCCC1. The summed E-state index contributed by atoms with van der Waals surface area (Å²) in [4.78, 5) is 25.1. The van der Waals surface area contributed by atoms with Gasteiger partial charge in [-0.1, -0.05) is 25.3 Å². The van der Waals surface area contributed by atoms with Crippen LogP contribution < -0.4 is 16.4 Å². The van der Waals surface area contributed by atoms with Crippen molar-refractivity contribution in [3.8, 4) is 0 Å². The van der Waals surface area contributed by atoms with Gasteiger partial charge in [0.2, 0.25) is 5.91 Å². The number of rotatable bonds is 4. The molecule has 0 aliphatic heterocycles. The van der Waals surface area contributed by atoms with Crippen molar-refractivity contribution in [1.29, 1.82) is 0 Å². The molecule has 1 aromatic heterocycles. The number of halogens is 1. The smallest absolute Gasteiger partial charge is 0.265 e. The summed E-state index contributed by atoms with van der Waals surface area (Å²) >= 11 is 1.39. The Morgan fingerprint density at radius 2 is 1.56 bits per heavy atom. The quantitative estimate of drug-likeness (QED) is 0.750. The molecule has 4 N–H and O–H groups in total. The van der Waals surface area contributed by atoms with Crippen molar-refractivity contribution in [2.75, 3.05) is 10.6 Å². The Kier molecular flexibility index (Phi) is 6.58. The zero-order valence-corrected chi connectivity index (χ0v) is 15.4. The number of thiophene rings is 1. The van der Waals surface area contributed by atoms with Crippen molar-refractivity contribution in [2.45, 2.75) is 37.6 Å². The van der Waals surface area contributed by atoms with E-state index in [2.05, 4.69) is 10.6 Å². The zero-order chi connectivity index (χ0) is 17.0. The van der Waals surface area contributed by atoms with E-state index in [4.69, 9.17) is 5.73 Å². The molecule has 0 radical (unpaired) electrons. The fourth-order valence-corrected chi connectivity index (χ4v) is 3.52. The van der Waals surface area contributed by atoms with Crippen molar-refractivity contribution in [3.63, 3.8) is 0 Å². The first-order chi connectivity index (χ1) is 11.6. The highest BCUT2D eigenvalue weighted by Gasteiger charge is 2.35. The standard InChI is InChI=1S/C18H21N3O2S.ClH/c19-18(10-2-1-3-11-18)17(23)21-14-8-6-13(7-9-14)20-16(22)15-5-4-12-24-15;/h4-9,12H,1-3,10-11,19H2,(H,20,22)(H,21,23);1H. The second-order valence-electron chi connectivity index (χ2n) is 6.18. The molecule has 1 heterocycles. The van der Waals surface area contributed by atoms with Crippen LogP contribution in [0.25, 0.3) is 0 Å². The van der Waals surface area contributed by atoms with Gasteiger partial charge in [-0.25, -0.2) is 0 Å². The minimum Gasteiger partial charge on any atom is -0.324 e. The number of benzene rings is 1. The molecule has 2 amide bonds. The Morgan fingerprint density at radius 1 is 0.960 bits per heavy atom. The van der Waals surface area contributed by atoms with Crippen LogP contribution in [0.4, 0.5) is 11.4 Å². The lowest BCUT2D eigenvalue weighted by Gasteiger charge is -2.31. The molecule has 5 nitrogen and oxygen atoms in total. The average molecular weight is 380 g/mol. The van der Waals surface area contributed by atoms with Crippen molar-refractivity contribution in [3.05, 3.63) is 46.7 Å². The minimum atomic E-state index is -0.760. The van der Waals surface area contributed by atoms with Crippen molar-refractivity contribution in [2.24, 2.45) is 5.73 Å². The van der Waals surface area contributed by atoms with Gasteiger partial charge in [-0.05, 0) is 48.6 Å². The van der Waals surface area contributed by atoms with Gasteiger partial charge in [0.05, 0.1) is 10.4 Å². The average Bonchev–Trinajstić information content (AvgIpc) is 3.12. The molecule has 25 heavy (non-hydrogen) atoms. The number of amides is 2. The van der Waals surface area contributed by atoms with Gasteiger partial charge in [-0.15, -0.1) is 23.7 Å². The highest BCUT2D eigenvalue weighted by molar-refractivity contribution is 7.12. The van der Waals surface area contributed by atoms with Crippen LogP contribution in [0, 0.1) is 0 Å². The predicted octanol–water partition coefficient (Wildman–Crippen LogP) is 4.02. The first-order valence-electron chi connectivity index (χ1n) is 8.12. The van der Waals surface area contributed by atoms with Gasteiger partial charge in [-0.2, -0.15) is 0 Å². The summed E-state index contributed by atoms with van der Waals surface area (Å²) in [7, 11) is 0. The summed E-state index contributed by atoms with van der Waals surface area (Å²) in [5.41, 5.74) is 6.84. The van der Waals surface area contributed by atoms with Gasteiger partial charge in [0, 0.05) is 11.4 Å². The van der Waals surface area contributed by atoms with Gasteiger partial charge in [0.1, 0.15) is 0 Å². The number of nitrogens with two attached hydrogens (primary N) is 1. The summed E-state index contributed by atoms with van der Waals surface area (Å²) in [6.07, 6.45) is 4.60. The molecule has 0 saturated heterocycles. The Bertz CT molecular complexity index is 710. The van der Waals surface area contributed by atoms with E-state index in [-0.39, 0.29) is 24.2 Å². The maximum atomic E-state index is 12.4. The van der Waals surface area contributed by atoms with Gasteiger partial charge in [0.15, 0.2) is 0 Å². The number of carbonyl (C=O) groups excluding carboxylic acids is 2. The first kappa shape index (κ1) is 19.4. The van der Waals surface area contributed by atoms with E-state index in [1.165, 1.54) is 11.3 Å². The van der Waals surface area contributed by atoms with Gasteiger partial charge < -0.3 is 16.4 Å². The van der Waals surface area contributed by atoms with Crippen LogP contribution in [-0.2, 0) is 4.79 Å². The summed E-state index contributed by atoms with van der Waals surface area (Å²) in [5.74, 6) is -0.262. The van der Waals surface area contributed by atoms with Crippen molar-refractivity contribution in [1.82, 2.24) is 0 Å². The number of hydrogen-bond donors (Lipinski definition) is 3. The second kappa shape index (κ2) is 8.47. The minimum absolute atomic E-state index is 0. The number of anilines is 2. The topological polar surface area (TPSA) is 84.2 Å². The molecule has 1 aliphatic rings. The van der Waals surface area contributed by atoms with Crippen LogP contribution in [0.1, 0.15) is 41.8 Å². The molecule has 1 aliphatic carbocycles. The maximum Gasteiger partial charge on any atom is 0.265 e. The predicted molar refractivity (Wildman–Crippen MR) is 105 cm³/mol.